The number of likely N-dealkylation sites (tertiary alicyclic amines) is 1. The monoisotopic (exact) mass is 338 g/mol. The van der Waals surface area contributed by atoms with Gasteiger partial charge in [-0.15, -0.1) is 0 Å². The maximum absolute atomic E-state index is 12.5. The normalized spacial score (nSPS) is 22.3. The van der Waals surface area contributed by atoms with Crippen LogP contribution in [0.25, 0.3) is 0 Å². The van der Waals surface area contributed by atoms with Crippen molar-refractivity contribution in [2.24, 2.45) is 11.7 Å². The SMILES string of the molecule is C[C@@H]1CN(Cc2ccccn2)CC[C@@H]1NC(=O)[C@H](N)c1ccccc1. The summed E-state index contributed by atoms with van der Waals surface area (Å²) in [7, 11) is 0. The summed E-state index contributed by atoms with van der Waals surface area (Å²) in [4.78, 5) is 19.3. The minimum absolute atomic E-state index is 0.0961. The molecule has 0 saturated carbocycles. The molecule has 0 radical (unpaired) electrons. The molecule has 1 amide bonds. The van der Waals surface area contributed by atoms with Crippen molar-refractivity contribution in [1.82, 2.24) is 15.2 Å². The molecule has 5 heteroatoms. The van der Waals surface area contributed by atoms with Gasteiger partial charge in [0.2, 0.25) is 5.91 Å². The van der Waals surface area contributed by atoms with E-state index in [0.717, 1.165) is 37.3 Å². The van der Waals surface area contributed by atoms with Gasteiger partial charge in [-0.3, -0.25) is 14.7 Å². The molecule has 25 heavy (non-hydrogen) atoms. The van der Waals surface area contributed by atoms with Crippen molar-refractivity contribution in [2.45, 2.75) is 32.0 Å². The summed E-state index contributed by atoms with van der Waals surface area (Å²) in [5.74, 6) is 0.283. The van der Waals surface area contributed by atoms with Crippen LogP contribution in [0.2, 0.25) is 0 Å². The Morgan fingerprint density at radius 1 is 1.28 bits per heavy atom. The van der Waals surface area contributed by atoms with E-state index in [4.69, 9.17) is 5.73 Å². The number of hydrogen-bond acceptors (Lipinski definition) is 4. The van der Waals surface area contributed by atoms with Crippen LogP contribution in [0.5, 0.6) is 0 Å². The van der Waals surface area contributed by atoms with Gasteiger partial charge in [0.05, 0.1) is 5.69 Å². The molecule has 5 nitrogen and oxygen atoms in total. The van der Waals surface area contributed by atoms with Gasteiger partial charge in [0.25, 0.3) is 0 Å². The Kier molecular flexibility index (Phi) is 5.79. The quantitative estimate of drug-likeness (QED) is 0.876. The van der Waals surface area contributed by atoms with Crippen molar-refractivity contribution in [1.29, 1.82) is 0 Å². The van der Waals surface area contributed by atoms with Crippen molar-refractivity contribution in [3.63, 3.8) is 0 Å². The van der Waals surface area contributed by atoms with Crippen LogP contribution in [0.15, 0.2) is 54.7 Å². The fourth-order valence-corrected chi connectivity index (χ4v) is 3.40. The minimum Gasteiger partial charge on any atom is -0.351 e. The van der Waals surface area contributed by atoms with Crippen LogP contribution in [0.4, 0.5) is 0 Å². The Balaban J connectivity index is 1.52. The van der Waals surface area contributed by atoms with E-state index in [1.165, 1.54) is 0 Å². The first-order valence-corrected chi connectivity index (χ1v) is 8.86. The van der Waals surface area contributed by atoms with E-state index < -0.39 is 6.04 Å². The molecule has 1 aliphatic rings. The molecule has 0 bridgehead atoms. The molecule has 0 aliphatic carbocycles. The molecule has 0 spiro atoms. The lowest BCUT2D eigenvalue weighted by atomic mass is 9.93. The highest BCUT2D eigenvalue weighted by atomic mass is 16.2. The number of hydrogen-bond donors (Lipinski definition) is 2. The number of piperidine rings is 1. The van der Waals surface area contributed by atoms with E-state index in [9.17, 15) is 4.79 Å². The average Bonchev–Trinajstić information content (AvgIpc) is 2.65. The standard InChI is InChI=1S/C20H26N4O/c1-15-13-24(14-17-9-5-6-11-22-17)12-10-18(15)23-20(25)19(21)16-7-3-2-4-8-16/h2-9,11,15,18-19H,10,12-14,21H2,1H3,(H,23,25)/t15-,18+,19-/m1/s1. The van der Waals surface area contributed by atoms with E-state index in [1.54, 1.807) is 0 Å². The van der Waals surface area contributed by atoms with Gasteiger partial charge in [0, 0.05) is 31.9 Å². The number of nitrogens with one attached hydrogen (secondary N) is 1. The van der Waals surface area contributed by atoms with Gasteiger partial charge in [-0.05, 0) is 30.0 Å². The van der Waals surface area contributed by atoms with Crippen molar-refractivity contribution >= 4 is 5.91 Å². The summed E-state index contributed by atoms with van der Waals surface area (Å²) < 4.78 is 0. The second-order valence-corrected chi connectivity index (χ2v) is 6.83. The number of benzene rings is 1. The Hall–Kier alpha value is -2.24. The second-order valence-electron chi connectivity index (χ2n) is 6.83. The summed E-state index contributed by atoms with van der Waals surface area (Å²) in [6.07, 6.45) is 2.76. The van der Waals surface area contributed by atoms with Gasteiger partial charge in [0.15, 0.2) is 0 Å². The summed E-state index contributed by atoms with van der Waals surface area (Å²) >= 11 is 0. The summed E-state index contributed by atoms with van der Waals surface area (Å²) in [6.45, 7) is 4.94. The molecular weight excluding hydrogens is 312 g/mol. The molecule has 3 atom stereocenters. The third-order valence-electron chi connectivity index (χ3n) is 4.87. The molecule has 0 unspecified atom stereocenters. The third-order valence-corrected chi connectivity index (χ3v) is 4.87. The Morgan fingerprint density at radius 2 is 2.04 bits per heavy atom. The van der Waals surface area contributed by atoms with Gasteiger partial charge in [0.1, 0.15) is 6.04 Å². The van der Waals surface area contributed by atoms with E-state index in [0.29, 0.717) is 5.92 Å². The topological polar surface area (TPSA) is 71.2 Å². The van der Waals surface area contributed by atoms with E-state index in [1.807, 2.05) is 48.7 Å². The van der Waals surface area contributed by atoms with Crippen LogP contribution in [-0.4, -0.2) is 34.9 Å². The van der Waals surface area contributed by atoms with Crippen LogP contribution in [0, 0.1) is 5.92 Å². The summed E-state index contributed by atoms with van der Waals surface area (Å²) in [6, 6.07) is 15.1. The molecule has 1 aliphatic heterocycles. The Bertz CT molecular complexity index is 677. The largest absolute Gasteiger partial charge is 0.351 e. The highest BCUT2D eigenvalue weighted by molar-refractivity contribution is 5.83. The van der Waals surface area contributed by atoms with E-state index in [-0.39, 0.29) is 11.9 Å². The highest BCUT2D eigenvalue weighted by Gasteiger charge is 2.29. The molecule has 132 valence electrons. The van der Waals surface area contributed by atoms with Gasteiger partial charge < -0.3 is 11.1 Å². The first kappa shape index (κ1) is 17.6. The lowest BCUT2D eigenvalue weighted by Gasteiger charge is -2.37. The second kappa shape index (κ2) is 8.23. The van der Waals surface area contributed by atoms with Crippen LogP contribution in [0.1, 0.15) is 30.6 Å². The number of amides is 1. The lowest BCUT2D eigenvalue weighted by Crippen LogP contribution is -2.51. The number of carbonyl (C=O) groups is 1. The molecule has 3 rings (SSSR count). The molecule has 2 aromatic rings. The third kappa shape index (κ3) is 4.65. The average molecular weight is 338 g/mol. The van der Waals surface area contributed by atoms with E-state index in [2.05, 4.69) is 28.2 Å². The van der Waals surface area contributed by atoms with Crippen molar-refractivity contribution in [3.8, 4) is 0 Å². The number of pyridine rings is 1. The zero-order valence-electron chi connectivity index (χ0n) is 14.6. The fraction of sp³-hybridized carbons (Fsp3) is 0.400. The Labute approximate surface area is 149 Å². The smallest absolute Gasteiger partial charge is 0.241 e. The van der Waals surface area contributed by atoms with Crippen LogP contribution >= 0.6 is 0 Å². The fourth-order valence-electron chi connectivity index (χ4n) is 3.40. The summed E-state index contributed by atoms with van der Waals surface area (Å²) in [5.41, 5.74) is 8.03. The van der Waals surface area contributed by atoms with Gasteiger partial charge in [-0.1, -0.05) is 43.3 Å². The lowest BCUT2D eigenvalue weighted by molar-refractivity contribution is -0.124. The van der Waals surface area contributed by atoms with E-state index >= 15 is 0 Å². The predicted molar refractivity (Wildman–Crippen MR) is 98.6 cm³/mol. The zero-order chi connectivity index (χ0) is 17.6. The minimum atomic E-state index is -0.611. The number of rotatable bonds is 5. The van der Waals surface area contributed by atoms with Crippen molar-refractivity contribution in [3.05, 3.63) is 66.0 Å². The van der Waals surface area contributed by atoms with Gasteiger partial charge in [-0.25, -0.2) is 0 Å². The van der Waals surface area contributed by atoms with Crippen LogP contribution < -0.4 is 11.1 Å². The maximum atomic E-state index is 12.5. The van der Waals surface area contributed by atoms with Crippen molar-refractivity contribution in [2.75, 3.05) is 13.1 Å². The number of nitrogens with zero attached hydrogens (tertiary/aromatic N) is 2. The number of carbonyl (C=O) groups excluding carboxylic acids is 1. The van der Waals surface area contributed by atoms with Crippen LogP contribution in [0.3, 0.4) is 0 Å². The molecule has 1 fully saturated rings. The Morgan fingerprint density at radius 3 is 2.72 bits per heavy atom. The van der Waals surface area contributed by atoms with Crippen molar-refractivity contribution < 1.29 is 4.79 Å². The number of nitrogens with two attached hydrogens (primary N) is 1. The first-order valence-electron chi connectivity index (χ1n) is 8.86. The molecule has 1 aromatic heterocycles. The molecule has 3 N–H and O–H groups in total. The van der Waals surface area contributed by atoms with Gasteiger partial charge >= 0.3 is 0 Å². The molecule has 1 saturated heterocycles. The number of aromatic nitrogens is 1. The predicted octanol–water partition coefficient (Wildman–Crippen LogP) is 2.11. The molecule has 2 heterocycles. The van der Waals surface area contributed by atoms with Crippen LogP contribution in [-0.2, 0) is 11.3 Å². The molecular formula is C20H26N4O. The highest BCUT2D eigenvalue weighted by Crippen LogP contribution is 2.19. The summed E-state index contributed by atoms with van der Waals surface area (Å²) in [5, 5.41) is 3.15. The molecule has 1 aromatic carbocycles. The van der Waals surface area contributed by atoms with Gasteiger partial charge in [-0.2, -0.15) is 0 Å². The maximum Gasteiger partial charge on any atom is 0.241 e. The zero-order valence-corrected chi connectivity index (χ0v) is 14.6. The first-order chi connectivity index (χ1) is 12.1.